The Hall–Kier alpha value is -9.68. The van der Waals surface area contributed by atoms with E-state index in [1.807, 2.05) is 0 Å². The minimum atomic E-state index is -3.42. The molecule has 1 fully saturated rings. The Morgan fingerprint density at radius 3 is 1.26 bits per heavy atom. The molecule has 0 saturated heterocycles. The van der Waals surface area contributed by atoms with Crippen molar-refractivity contribution in [2.75, 3.05) is 14.7 Å². The molecule has 2 heterocycles. The van der Waals surface area contributed by atoms with Crippen molar-refractivity contribution in [3.63, 3.8) is 0 Å². The van der Waals surface area contributed by atoms with Gasteiger partial charge in [0.1, 0.15) is 0 Å². The molecule has 5 heteroatoms. The lowest BCUT2D eigenvalue weighted by atomic mass is 9.34. The monoisotopic (exact) mass is 1230 g/mol. The molecular formula is C89H84BN3Si. The molecule has 15 rings (SSSR count). The molecule has 2 atom stereocenters. The zero-order chi connectivity index (χ0) is 64.7. The smallest absolute Gasteiger partial charge is 0.246 e. The lowest BCUT2D eigenvalue weighted by molar-refractivity contribution is 0.279. The fourth-order valence-corrected chi connectivity index (χ4v) is 20.9. The molecule has 0 spiro atoms. The van der Waals surface area contributed by atoms with Gasteiger partial charge in [-0.2, -0.15) is 0 Å². The van der Waals surface area contributed by atoms with Gasteiger partial charge < -0.3 is 14.7 Å². The van der Waals surface area contributed by atoms with Gasteiger partial charge in [0.05, 0.1) is 5.69 Å². The van der Waals surface area contributed by atoms with Crippen molar-refractivity contribution in [1.29, 1.82) is 0 Å². The zero-order valence-electron chi connectivity index (χ0n) is 56.2. The molecule has 0 bridgehead atoms. The van der Waals surface area contributed by atoms with Gasteiger partial charge in [-0.15, -0.1) is 0 Å². The number of fused-ring (bicyclic) bond motifs is 4. The van der Waals surface area contributed by atoms with Gasteiger partial charge in [-0.3, -0.25) is 0 Å². The molecule has 1 aliphatic carbocycles. The summed E-state index contributed by atoms with van der Waals surface area (Å²) in [5.74, 6) is 0.524. The molecule has 0 N–H and O–H groups in total. The third-order valence-corrected chi connectivity index (χ3v) is 25.7. The molecule has 0 radical (unpaired) electrons. The van der Waals surface area contributed by atoms with E-state index in [0.29, 0.717) is 12.0 Å². The Labute approximate surface area is 560 Å². The van der Waals surface area contributed by atoms with Crippen molar-refractivity contribution in [3.8, 4) is 33.4 Å². The summed E-state index contributed by atoms with van der Waals surface area (Å²) in [5, 5.41) is 5.52. The first-order chi connectivity index (χ1) is 45.4. The average molecular weight is 1230 g/mol. The number of benzene rings is 12. The van der Waals surface area contributed by atoms with Gasteiger partial charge in [-0.05, 0) is 172 Å². The van der Waals surface area contributed by atoms with Crippen LogP contribution in [0.4, 0.5) is 45.5 Å². The van der Waals surface area contributed by atoms with Crippen LogP contribution in [-0.4, -0.2) is 20.8 Å². The SMILES string of the molecule is C[C@H]1CCC1N(c1ccc(C(C)(C)C)cc1)c1ccc2c(c1)N(c1c(-c3ccccc3)cccc1-c1ccccc1)c1cc(-c3ccccc3)cc3c1B2c1ccc(N(c2ccc(C(C)(C)C)cc2)c2ccc(C(C)(C)C)cc2)cc1[Si]3(c1ccccc1)c1ccccc1. The lowest BCUT2D eigenvalue weighted by Gasteiger charge is -2.49. The normalized spacial score (nSPS) is 15.5. The van der Waals surface area contributed by atoms with E-state index < -0.39 is 8.07 Å². The lowest BCUT2D eigenvalue weighted by Crippen LogP contribution is -2.87. The zero-order valence-corrected chi connectivity index (χ0v) is 57.2. The summed E-state index contributed by atoms with van der Waals surface area (Å²) >= 11 is 0. The van der Waals surface area contributed by atoms with Crippen molar-refractivity contribution < 1.29 is 0 Å². The van der Waals surface area contributed by atoms with Crippen molar-refractivity contribution >= 4 is 97.4 Å². The predicted octanol–water partition coefficient (Wildman–Crippen LogP) is 19.0. The van der Waals surface area contributed by atoms with Crippen molar-refractivity contribution in [3.05, 3.63) is 308 Å². The summed E-state index contributed by atoms with van der Waals surface area (Å²) in [6, 6.07) is 113. The fraction of sp³-hybridized carbons (Fsp3) is 0.191. The van der Waals surface area contributed by atoms with E-state index >= 15 is 0 Å². The van der Waals surface area contributed by atoms with Gasteiger partial charge in [-0.25, -0.2) is 0 Å². The summed E-state index contributed by atoms with van der Waals surface area (Å²) in [7, 11) is -3.42. The second-order valence-electron chi connectivity index (χ2n) is 29.7. The maximum Gasteiger partial charge on any atom is 0.246 e. The molecule has 94 heavy (non-hydrogen) atoms. The first kappa shape index (κ1) is 60.6. The highest BCUT2D eigenvalue weighted by molar-refractivity contribution is 7.26. The van der Waals surface area contributed by atoms with E-state index in [4.69, 9.17) is 0 Å². The van der Waals surface area contributed by atoms with Crippen LogP contribution >= 0.6 is 0 Å². The summed E-state index contributed by atoms with van der Waals surface area (Å²) in [6.07, 6.45) is 2.34. The minimum Gasteiger partial charge on any atom is -0.338 e. The Bertz CT molecular complexity index is 4570. The molecule has 3 aliphatic rings. The first-order valence-corrected chi connectivity index (χ1v) is 36.0. The predicted molar refractivity (Wildman–Crippen MR) is 407 cm³/mol. The van der Waals surface area contributed by atoms with Crippen molar-refractivity contribution in [2.24, 2.45) is 5.92 Å². The molecule has 0 aromatic heterocycles. The molecule has 0 amide bonds. The van der Waals surface area contributed by atoms with E-state index in [-0.39, 0.29) is 23.0 Å². The third kappa shape index (κ3) is 10.5. The van der Waals surface area contributed by atoms with Gasteiger partial charge in [0.25, 0.3) is 0 Å². The Morgan fingerprint density at radius 1 is 0.362 bits per heavy atom. The molecule has 462 valence electrons. The molecular weight excluding hydrogens is 1150 g/mol. The van der Waals surface area contributed by atoms with Gasteiger partial charge in [0.2, 0.25) is 6.71 Å². The third-order valence-electron chi connectivity index (χ3n) is 20.8. The topological polar surface area (TPSA) is 9.72 Å². The number of para-hydroxylation sites is 1. The quantitative estimate of drug-likeness (QED) is 0.113. The Kier molecular flexibility index (Phi) is 15.3. The molecule has 1 unspecified atom stereocenters. The summed E-state index contributed by atoms with van der Waals surface area (Å²) in [6.45, 7) is 23.1. The second kappa shape index (κ2) is 23.7. The highest BCUT2D eigenvalue weighted by Crippen LogP contribution is 2.50. The van der Waals surface area contributed by atoms with Crippen LogP contribution in [0.5, 0.6) is 0 Å². The standard InChI is InChI=1S/C89H84BN3Si/c1-61-39-56-80(61)92(71-50-44-68(45-51-71)89(8,9)10)72-52-54-78-81(59-72)93(86-76(63-29-18-12-19-30-63)37-26-38-77(86)64-31-20-13-21-32-64)82-57-65(62-27-16-11-17-28-62)58-84-85(82)90(78)79-55-53-73(60-83(79)94(84,74-33-22-14-23-34-74)75-35-24-15-25-36-75)91(69-46-40-66(41-47-69)87(2,3)4)70-48-42-67(43-49-70)88(5,6)7/h11-38,40-55,57-61,80H,39,56H2,1-10H3/t61-,80?/m0/s1. The number of hydrogen-bond donors (Lipinski definition) is 0. The van der Waals surface area contributed by atoms with E-state index in [2.05, 4.69) is 375 Å². The van der Waals surface area contributed by atoms with Gasteiger partial charge >= 0.3 is 0 Å². The number of nitrogens with zero attached hydrogens (tertiary/aromatic N) is 3. The number of rotatable bonds is 12. The number of hydrogen-bond acceptors (Lipinski definition) is 3. The molecule has 3 nitrogen and oxygen atoms in total. The van der Waals surface area contributed by atoms with Crippen LogP contribution in [0.3, 0.4) is 0 Å². The maximum atomic E-state index is 2.75. The van der Waals surface area contributed by atoms with Crippen LogP contribution in [0.2, 0.25) is 0 Å². The van der Waals surface area contributed by atoms with E-state index in [1.165, 1.54) is 122 Å². The van der Waals surface area contributed by atoms with Crippen LogP contribution in [0.25, 0.3) is 33.4 Å². The second-order valence-corrected chi connectivity index (χ2v) is 33.5. The van der Waals surface area contributed by atoms with E-state index in [1.54, 1.807) is 0 Å². The minimum absolute atomic E-state index is 0.00403. The largest absolute Gasteiger partial charge is 0.338 e. The average Bonchev–Trinajstić information content (AvgIpc) is 0.673. The Morgan fingerprint density at radius 2 is 0.798 bits per heavy atom. The Balaban J connectivity index is 1.09. The number of anilines is 8. The first-order valence-electron chi connectivity index (χ1n) is 34.0. The molecule has 12 aromatic rings. The van der Waals surface area contributed by atoms with E-state index in [9.17, 15) is 0 Å². The highest BCUT2D eigenvalue weighted by Gasteiger charge is 2.54. The maximum absolute atomic E-state index is 3.42. The van der Waals surface area contributed by atoms with Gasteiger partial charge in [-0.1, -0.05) is 299 Å². The summed E-state index contributed by atoms with van der Waals surface area (Å²) < 4.78 is 0. The van der Waals surface area contributed by atoms with Crippen LogP contribution in [0.15, 0.2) is 291 Å². The fourth-order valence-electron chi connectivity index (χ4n) is 15.6. The molecule has 1 saturated carbocycles. The summed E-state index contributed by atoms with van der Waals surface area (Å²) in [4.78, 5) is 7.96. The summed E-state index contributed by atoms with van der Waals surface area (Å²) in [5.41, 5.74) is 24.5. The molecule has 2 aliphatic heterocycles. The van der Waals surface area contributed by atoms with Gasteiger partial charge in [0.15, 0.2) is 8.07 Å². The van der Waals surface area contributed by atoms with Gasteiger partial charge in [0, 0.05) is 57.0 Å². The van der Waals surface area contributed by atoms with Crippen LogP contribution in [0, 0.1) is 5.92 Å². The molecule has 12 aromatic carbocycles. The van der Waals surface area contributed by atoms with Crippen LogP contribution in [-0.2, 0) is 16.2 Å². The van der Waals surface area contributed by atoms with E-state index in [0.717, 1.165) is 23.5 Å². The van der Waals surface area contributed by atoms with Crippen molar-refractivity contribution in [2.45, 2.75) is 104 Å². The van der Waals surface area contributed by atoms with Crippen LogP contribution in [0.1, 0.15) is 98.8 Å². The van der Waals surface area contributed by atoms with Crippen molar-refractivity contribution in [1.82, 2.24) is 0 Å². The van der Waals surface area contributed by atoms with Crippen LogP contribution < -0.4 is 51.8 Å². The highest BCUT2D eigenvalue weighted by atomic mass is 28.3.